The second-order valence-electron chi connectivity index (χ2n) is 4.74. The zero-order valence-corrected chi connectivity index (χ0v) is 12.6. The fraction of sp³-hybridized carbons (Fsp3) is 0.538. The molecule has 0 spiro atoms. The van der Waals surface area contributed by atoms with E-state index in [1.165, 1.54) is 5.56 Å². The summed E-state index contributed by atoms with van der Waals surface area (Å²) in [4.78, 5) is 0. The van der Waals surface area contributed by atoms with Crippen molar-refractivity contribution in [3.05, 3.63) is 21.7 Å². The van der Waals surface area contributed by atoms with Crippen molar-refractivity contribution in [1.29, 1.82) is 0 Å². The summed E-state index contributed by atoms with van der Waals surface area (Å²) in [5.41, 5.74) is 8.76. The topological polar surface area (TPSA) is 44.5 Å². The molecule has 0 aliphatic carbocycles. The van der Waals surface area contributed by atoms with E-state index in [4.69, 9.17) is 15.2 Å². The predicted molar refractivity (Wildman–Crippen MR) is 77.4 cm³/mol. The molecule has 98 valence electrons. The highest BCUT2D eigenvalue weighted by atomic mass is 79.9. The van der Waals surface area contributed by atoms with Gasteiger partial charge in [-0.3, -0.25) is 0 Å². The first-order valence-corrected chi connectivity index (χ1v) is 7.99. The van der Waals surface area contributed by atoms with E-state index in [-0.39, 0.29) is 6.04 Å². The Morgan fingerprint density at radius 2 is 2.17 bits per heavy atom. The Morgan fingerprint density at radius 3 is 3.00 bits per heavy atom. The molecule has 1 aromatic rings. The van der Waals surface area contributed by atoms with Gasteiger partial charge in [-0.15, -0.1) is 0 Å². The summed E-state index contributed by atoms with van der Waals surface area (Å²) in [7, 11) is 0. The van der Waals surface area contributed by atoms with Crippen molar-refractivity contribution in [3.63, 3.8) is 0 Å². The molecule has 0 saturated heterocycles. The van der Waals surface area contributed by atoms with E-state index >= 15 is 0 Å². The third-order valence-corrected chi connectivity index (χ3v) is 5.32. The fourth-order valence-corrected chi connectivity index (χ4v) is 4.38. The number of benzene rings is 1. The SMILES string of the molecule is CC1C[C@H](N)c2c(c(Br)cc3c2OCCO3)CS1. The minimum absolute atomic E-state index is 0.0259. The molecule has 0 radical (unpaired) electrons. The van der Waals surface area contributed by atoms with Gasteiger partial charge in [-0.2, -0.15) is 11.8 Å². The predicted octanol–water partition coefficient (Wildman–Crippen LogP) is 3.25. The normalized spacial score (nSPS) is 26.4. The van der Waals surface area contributed by atoms with Crippen LogP contribution in [0.3, 0.4) is 0 Å². The van der Waals surface area contributed by atoms with Gasteiger partial charge < -0.3 is 15.2 Å². The van der Waals surface area contributed by atoms with Crippen molar-refractivity contribution >= 4 is 27.7 Å². The van der Waals surface area contributed by atoms with Gasteiger partial charge in [-0.05, 0) is 18.1 Å². The van der Waals surface area contributed by atoms with Crippen molar-refractivity contribution in [2.75, 3.05) is 13.2 Å². The zero-order valence-electron chi connectivity index (χ0n) is 10.2. The van der Waals surface area contributed by atoms with Gasteiger partial charge >= 0.3 is 0 Å². The van der Waals surface area contributed by atoms with Gasteiger partial charge in [0.05, 0.1) is 0 Å². The average Bonchev–Trinajstić information content (AvgIpc) is 2.49. The molecule has 3 nitrogen and oxygen atoms in total. The molecule has 1 unspecified atom stereocenters. The van der Waals surface area contributed by atoms with Crippen LogP contribution in [-0.4, -0.2) is 18.5 Å². The summed E-state index contributed by atoms with van der Waals surface area (Å²) in [6.07, 6.45) is 0.976. The molecular weight excluding hydrogens is 314 g/mol. The zero-order chi connectivity index (χ0) is 12.7. The second-order valence-corrected chi connectivity index (χ2v) is 7.02. The van der Waals surface area contributed by atoms with Gasteiger partial charge in [0.2, 0.25) is 0 Å². The van der Waals surface area contributed by atoms with E-state index < -0.39 is 0 Å². The van der Waals surface area contributed by atoms with Gasteiger partial charge in [0, 0.05) is 27.1 Å². The Labute approximate surface area is 120 Å². The van der Waals surface area contributed by atoms with E-state index in [2.05, 4.69) is 22.9 Å². The van der Waals surface area contributed by atoms with Gasteiger partial charge in [0.15, 0.2) is 11.5 Å². The molecule has 1 aromatic carbocycles. The lowest BCUT2D eigenvalue weighted by Gasteiger charge is -2.25. The molecule has 2 atom stereocenters. The summed E-state index contributed by atoms with van der Waals surface area (Å²) in [5.74, 6) is 2.66. The molecule has 2 N–H and O–H groups in total. The smallest absolute Gasteiger partial charge is 0.166 e. The summed E-state index contributed by atoms with van der Waals surface area (Å²) in [6, 6.07) is 2.04. The summed E-state index contributed by atoms with van der Waals surface area (Å²) < 4.78 is 12.6. The van der Waals surface area contributed by atoms with Gasteiger partial charge in [0.1, 0.15) is 13.2 Å². The van der Waals surface area contributed by atoms with Crippen molar-refractivity contribution in [3.8, 4) is 11.5 Å². The Morgan fingerprint density at radius 1 is 1.39 bits per heavy atom. The number of ether oxygens (including phenoxy) is 2. The lowest BCUT2D eigenvalue weighted by molar-refractivity contribution is 0.168. The molecule has 0 saturated carbocycles. The van der Waals surface area contributed by atoms with Crippen molar-refractivity contribution < 1.29 is 9.47 Å². The van der Waals surface area contributed by atoms with Crippen LogP contribution in [0.25, 0.3) is 0 Å². The molecular formula is C13H16BrNO2S. The maximum Gasteiger partial charge on any atom is 0.166 e. The van der Waals surface area contributed by atoms with Crippen LogP contribution in [0, 0.1) is 0 Å². The standard InChI is InChI=1S/C13H16BrNO2S/c1-7-4-10(15)12-8(6-18-7)9(14)5-11-13(12)17-3-2-16-11/h5,7,10H,2-4,6,15H2,1H3/t7?,10-/m0/s1. The van der Waals surface area contributed by atoms with E-state index in [1.54, 1.807) is 0 Å². The number of hydrogen-bond donors (Lipinski definition) is 1. The van der Waals surface area contributed by atoms with Crippen LogP contribution >= 0.6 is 27.7 Å². The van der Waals surface area contributed by atoms with Gasteiger partial charge in [0.25, 0.3) is 0 Å². The van der Waals surface area contributed by atoms with E-state index in [0.29, 0.717) is 18.5 Å². The van der Waals surface area contributed by atoms with Crippen molar-refractivity contribution in [1.82, 2.24) is 0 Å². The molecule has 0 amide bonds. The van der Waals surface area contributed by atoms with Gasteiger partial charge in [-0.1, -0.05) is 22.9 Å². The minimum atomic E-state index is 0.0259. The van der Waals surface area contributed by atoms with Crippen molar-refractivity contribution in [2.24, 2.45) is 5.73 Å². The number of nitrogens with two attached hydrogens (primary N) is 1. The molecule has 5 heteroatoms. The number of halogens is 1. The van der Waals surface area contributed by atoms with Crippen LogP contribution in [0.15, 0.2) is 10.5 Å². The van der Waals surface area contributed by atoms with Crippen LogP contribution in [0.5, 0.6) is 11.5 Å². The van der Waals surface area contributed by atoms with Crippen LogP contribution in [-0.2, 0) is 5.75 Å². The van der Waals surface area contributed by atoms with Crippen LogP contribution in [0.2, 0.25) is 0 Å². The lowest BCUT2D eigenvalue weighted by Crippen LogP contribution is -2.21. The van der Waals surface area contributed by atoms with Crippen molar-refractivity contribution in [2.45, 2.75) is 30.4 Å². The highest BCUT2D eigenvalue weighted by molar-refractivity contribution is 9.10. The summed E-state index contributed by atoms with van der Waals surface area (Å²) in [6.45, 7) is 3.45. The molecule has 0 bridgehead atoms. The van der Waals surface area contributed by atoms with Crippen LogP contribution in [0.4, 0.5) is 0 Å². The third kappa shape index (κ3) is 2.12. The number of hydrogen-bond acceptors (Lipinski definition) is 4. The quantitative estimate of drug-likeness (QED) is 0.793. The molecule has 18 heavy (non-hydrogen) atoms. The minimum Gasteiger partial charge on any atom is -0.486 e. The largest absolute Gasteiger partial charge is 0.486 e. The lowest BCUT2D eigenvalue weighted by atomic mass is 9.96. The Bertz CT molecular complexity index is 481. The number of rotatable bonds is 0. The summed E-state index contributed by atoms with van der Waals surface area (Å²) in [5, 5.41) is 0.569. The van der Waals surface area contributed by atoms with E-state index in [0.717, 1.165) is 33.7 Å². The summed E-state index contributed by atoms with van der Waals surface area (Å²) >= 11 is 5.58. The highest BCUT2D eigenvalue weighted by Gasteiger charge is 2.29. The molecule has 2 aliphatic heterocycles. The number of thioether (sulfide) groups is 1. The molecule has 2 aliphatic rings. The maximum absolute atomic E-state index is 6.36. The third-order valence-electron chi connectivity index (χ3n) is 3.40. The molecule has 3 rings (SSSR count). The van der Waals surface area contributed by atoms with Crippen LogP contribution in [0.1, 0.15) is 30.5 Å². The average molecular weight is 330 g/mol. The van der Waals surface area contributed by atoms with Gasteiger partial charge in [-0.25, -0.2) is 0 Å². The molecule has 2 heterocycles. The van der Waals surface area contributed by atoms with E-state index in [1.807, 2.05) is 17.8 Å². The first-order valence-electron chi connectivity index (χ1n) is 6.15. The fourth-order valence-electron chi connectivity index (χ4n) is 2.53. The molecule has 0 aromatic heterocycles. The van der Waals surface area contributed by atoms with E-state index in [9.17, 15) is 0 Å². The Kier molecular flexibility index (Phi) is 3.47. The Hall–Kier alpha value is -0.390. The first kappa shape index (κ1) is 12.6. The maximum atomic E-state index is 6.36. The number of fused-ring (bicyclic) bond motifs is 3. The monoisotopic (exact) mass is 329 g/mol. The van der Waals surface area contributed by atoms with Crippen LogP contribution < -0.4 is 15.2 Å². The second kappa shape index (κ2) is 4.94. The molecule has 0 fully saturated rings. The highest BCUT2D eigenvalue weighted by Crippen LogP contribution is 2.47. The Balaban J connectivity index is 2.16. The first-order chi connectivity index (χ1) is 8.66.